The average molecular weight is 273 g/mol. The molecule has 0 spiro atoms. The number of thiophene rings is 1. The summed E-state index contributed by atoms with van der Waals surface area (Å²) in [5.41, 5.74) is -0.406. The molecule has 0 bridgehead atoms. The predicted octanol–water partition coefficient (Wildman–Crippen LogP) is 3.24. The van der Waals surface area contributed by atoms with E-state index < -0.39 is 5.54 Å². The molecular formula is C10H13BrN2S. The molecule has 1 heterocycles. The fourth-order valence-electron chi connectivity index (χ4n) is 0.953. The van der Waals surface area contributed by atoms with Crippen molar-refractivity contribution in [2.45, 2.75) is 25.9 Å². The molecule has 0 radical (unpaired) electrons. The maximum absolute atomic E-state index is 8.95. The van der Waals surface area contributed by atoms with Gasteiger partial charge in [-0.2, -0.15) is 5.26 Å². The summed E-state index contributed by atoms with van der Waals surface area (Å²) in [4.78, 5) is 3.31. The number of hydrogen-bond acceptors (Lipinski definition) is 3. The number of nitrogens with zero attached hydrogens (tertiary/aromatic N) is 2. The van der Waals surface area contributed by atoms with Crippen LogP contribution in [0.3, 0.4) is 0 Å². The maximum atomic E-state index is 8.95. The Kier molecular flexibility index (Phi) is 3.71. The lowest BCUT2D eigenvalue weighted by Crippen LogP contribution is -2.38. The molecule has 0 aromatic carbocycles. The fraction of sp³-hybridized carbons (Fsp3) is 0.500. The topological polar surface area (TPSA) is 27.0 Å². The van der Waals surface area contributed by atoms with Gasteiger partial charge in [0.1, 0.15) is 5.54 Å². The van der Waals surface area contributed by atoms with Crippen LogP contribution in [0.4, 0.5) is 0 Å². The molecule has 76 valence electrons. The summed E-state index contributed by atoms with van der Waals surface area (Å²) in [6.07, 6.45) is 0. The van der Waals surface area contributed by atoms with Gasteiger partial charge < -0.3 is 0 Å². The van der Waals surface area contributed by atoms with Gasteiger partial charge in [-0.3, -0.25) is 4.90 Å². The Morgan fingerprint density at radius 2 is 2.21 bits per heavy atom. The Balaban J connectivity index is 2.67. The highest BCUT2D eigenvalue weighted by molar-refractivity contribution is 9.11. The normalized spacial score (nSPS) is 11.7. The third kappa shape index (κ3) is 2.81. The molecule has 0 aliphatic heterocycles. The van der Waals surface area contributed by atoms with Crippen LogP contribution in [-0.2, 0) is 6.54 Å². The number of hydrogen-bond donors (Lipinski definition) is 0. The molecular weight excluding hydrogens is 260 g/mol. The smallest absolute Gasteiger partial charge is 0.103 e. The lowest BCUT2D eigenvalue weighted by atomic mass is 10.1. The zero-order valence-corrected chi connectivity index (χ0v) is 10.9. The van der Waals surface area contributed by atoms with Crippen LogP contribution in [0.25, 0.3) is 0 Å². The van der Waals surface area contributed by atoms with Crippen molar-refractivity contribution in [3.8, 4) is 6.07 Å². The summed E-state index contributed by atoms with van der Waals surface area (Å²) in [6.45, 7) is 4.67. The predicted molar refractivity (Wildman–Crippen MR) is 63.2 cm³/mol. The largest absolute Gasteiger partial charge is 0.284 e. The van der Waals surface area contributed by atoms with Crippen molar-refractivity contribution in [1.82, 2.24) is 4.90 Å². The molecule has 1 aromatic rings. The first-order valence-corrected chi connectivity index (χ1v) is 5.93. The molecule has 0 fully saturated rings. The molecule has 0 N–H and O–H groups in total. The van der Waals surface area contributed by atoms with Gasteiger partial charge in [0.25, 0.3) is 0 Å². The summed E-state index contributed by atoms with van der Waals surface area (Å²) in [7, 11) is 1.97. The molecule has 0 aliphatic carbocycles. The van der Waals surface area contributed by atoms with E-state index >= 15 is 0 Å². The molecule has 1 rings (SSSR count). The van der Waals surface area contributed by atoms with Gasteiger partial charge in [-0.1, -0.05) is 0 Å². The van der Waals surface area contributed by atoms with E-state index in [1.165, 1.54) is 4.88 Å². The Morgan fingerprint density at radius 3 is 2.64 bits per heavy atom. The molecule has 0 amide bonds. The van der Waals surface area contributed by atoms with Crippen LogP contribution in [-0.4, -0.2) is 17.5 Å². The van der Waals surface area contributed by atoms with Crippen molar-refractivity contribution >= 4 is 27.3 Å². The highest BCUT2D eigenvalue weighted by Gasteiger charge is 2.22. The van der Waals surface area contributed by atoms with Crippen LogP contribution in [0, 0.1) is 11.3 Å². The van der Waals surface area contributed by atoms with Gasteiger partial charge in [-0.15, -0.1) is 11.3 Å². The summed E-state index contributed by atoms with van der Waals surface area (Å²) < 4.78 is 1.13. The second kappa shape index (κ2) is 4.43. The van der Waals surface area contributed by atoms with Crippen molar-refractivity contribution in [1.29, 1.82) is 5.26 Å². The van der Waals surface area contributed by atoms with E-state index in [0.29, 0.717) is 0 Å². The van der Waals surface area contributed by atoms with Crippen LogP contribution in [0.2, 0.25) is 0 Å². The quantitative estimate of drug-likeness (QED) is 0.845. The molecule has 2 nitrogen and oxygen atoms in total. The van der Waals surface area contributed by atoms with Crippen LogP contribution < -0.4 is 0 Å². The molecule has 1 aromatic heterocycles. The second-order valence-electron chi connectivity index (χ2n) is 3.73. The second-order valence-corrected chi connectivity index (χ2v) is 6.28. The van der Waals surface area contributed by atoms with Gasteiger partial charge in [-0.05, 0) is 49.0 Å². The molecule has 0 aliphatic rings. The monoisotopic (exact) mass is 272 g/mol. The maximum Gasteiger partial charge on any atom is 0.103 e. The minimum absolute atomic E-state index is 0.406. The zero-order valence-electron chi connectivity index (χ0n) is 8.54. The van der Waals surface area contributed by atoms with Crippen molar-refractivity contribution in [2.75, 3.05) is 7.05 Å². The first kappa shape index (κ1) is 11.7. The van der Waals surface area contributed by atoms with Crippen molar-refractivity contribution < 1.29 is 0 Å². The van der Waals surface area contributed by atoms with Crippen molar-refractivity contribution in [3.63, 3.8) is 0 Å². The molecule has 4 heteroatoms. The molecule has 0 unspecified atom stereocenters. The Bertz CT molecular complexity index is 351. The summed E-state index contributed by atoms with van der Waals surface area (Å²) in [6, 6.07) is 6.40. The molecule has 0 atom stereocenters. The number of rotatable bonds is 3. The van der Waals surface area contributed by atoms with Gasteiger partial charge in [0.05, 0.1) is 9.86 Å². The lowest BCUT2D eigenvalue weighted by molar-refractivity contribution is 0.204. The van der Waals surface area contributed by atoms with E-state index in [2.05, 4.69) is 28.1 Å². The van der Waals surface area contributed by atoms with Crippen LogP contribution >= 0.6 is 27.3 Å². The van der Waals surface area contributed by atoms with Gasteiger partial charge in [0.2, 0.25) is 0 Å². The summed E-state index contributed by atoms with van der Waals surface area (Å²) >= 11 is 5.13. The van der Waals surface area contributed by atoms with E-state index in [0.717, 1.165) is 10.3 Å². The third-order valence-electron chi connectivity index (χ3n) is 2.25. The highest BCUT2D eigenvalue weighted by atomic mass is 79.9. The molecule has 0 saturated heterocycles. The van der Waals surface area contributed by atoms with E-state index in [-0.39, 0.29) is 0 Å². The first-order chi connectivity index (χ1) is 6.45. The van der Waals surface area contributed by atoms with E-state index in [4.69, 9.17) is 5.26 Å². The Morgan fingerprint density at radius 1 is 1.57 bits per heavy atom. The van der Waals surface area contributed by atoms with Crippen molar-refractivity contribution in [2.24, 2.45) is 0 Å². The van der Waals surface area contributed by atoms with Crippen LogP contribution in [0.5, 0.6) is 0 Å². The van der Waals surface area contributed by atoms with E-state index in [1.54, 1.807) is 11.3 Å². The number of nitriles is 1. The first-order valence-electron chi connectivity index (χ1n) is 4.32. The minimum Gasteiger partial charge on any atom is -0.284 e. The summed E-state index contributed by atoms with van der Waals surface area (Å²) in [5, 5.41) is 8.95. The number of halogens is 1. The van der Waals surface area contributed by atoms with Gasteiger partial charge in [0, 0.05) is 11.4 Å². The summed E-state index contributed by atoms with van der Waals surface area (Å²) in [5.74, 6) is 0. The van der Waals surface area contributed by atoms with E-state index in [1.807, 2.05) is 31.9 Å². The Hall–Kier alpha value is -0.370. The van der Waals surface area contributed by atoms with Gasteiger partial charge >= 0.3 is 0 Å². The fourth-order valence-corrected chi connectivity index (χ4v) is 2.49. The molecule has 0 saturated carbocycles. The molecule has 14 heavy (non-hydrogen) atoms. The lowest BCUT2D eigenvalue weighted by Gasteiger charge is -2.28. The average Bonchev–Trinajstić information content (AvgIpc) is 2.51. The SMILES string of the molecule is CN(Cc1ccc(Br)s1)C(C)(C)C#N. The van der Waals surface area contributed by atoms with Gasteiger partial charge in [0.15, 0.2) is 0 Å². The van der Waals surface area contributed by atoms with Gasteiger partial charge in [-0.25, -0.2) is 0 Å². The third-order valence-corrected chi connectivity index (χ3v) is 3.86. The van der Waals surface area contributed by atoms with Crippen LogP contribution in [0.15, 0.2) is 15.9 Å². The van der Waals surface area contributed by atoms with Crippen molar-refractivity contribution in [3.05, 3.63) is 20.8 Å². The zero-order chi connectivity index (χ0) is 10.8. The van der Waals surface area contributed by atoms with E-state index in [9.17, 15) is 0 Å². The Labute approximate surface area is 97.3 Å². The van der Waals surface area contributed by atoms with Crippen LogP contribution in [0.1, 0.15) is 18.7 Å². The minimum atomic E-state index is -0.406. The standard InChI is InChI=1S/C10H13BrN2S/c1-10(2,7-12)13(3)6-8-4-5-9(11)14-8/h4-5H,6H2,1-3H3. The highest BCUT2D eigenvalue weighted by Crippen LogP contribution is 2.24.